The van der Waals surface area contributed by atoms with Crippen LogP contribution in [-0.4, -0.2) is 62.1 Å². The molecule has 2 rings (SSSR count). The number of morpholine rings is 1. The molecule has 1 saturated heterocycles. The van der Waals surface area contributed by atoms with E-state index in [1.165, 1.54) is 0 Å². The lowest BCUT2D eigenvalue weighted by atomic mass is 10.0. The summed E-state index contributed by atoms with van der Waals surface area (Å²) < 4.78 is 5.40. The van der Waals surface area contributed by atoms with Crippen molar-refractivity contribution in [2.45, 2.75) is 32.7 Å². The second-order valence-electron chi connectivity index (χ2n) is 7.03. The number of nitrogens with one attached hydrogen (secondary N) is 2. The molecular weight excluding hydrogens is 330 g/mol. The maximum Gasteiger partial charge on any atom is 0.224 e. The first-order valence-corrected chi connectivity index (χ1v) is 9.45. The summed E-state index contributed by atoms with van der Waals surface area (Å²) in [5.41, 5.74) is 0.972. The summed E-state index contributed by atoms with van der Waals surface area (Å²) in [7, 11) is 0. The van der Waals surface area contributed by atoms with Gasteiger partial charge in [0.25, 0.3) is 0 Å². The number of rotatable bonds is 9. The van der Waals surface area contributed by atoms with E-state index in [2.05, 4.69) is 29.4 Å². The molecule has 0 aliphatic carbocycles. The van der Waals surface area contributed by atoms with Crippen molar-refractivity contribution in [3.05, 3.63) is 35.9 Å². The van der Waals surface area contributed by atoms with Crippen molar-refractivity contribution >= 4 is 11.8 Å². The third-order valence-electron chi connectivity index (χ3n) is 4.67. The number of hydrogen-bond acceptors (Lipinski definition) is 4. The number of benzene rings is 1. The fourth-order valence-corrected chi connectivity index (χ4v) is 3.16. The lowest BCUT2D eigenvalue weighted by Crippen LogP contribution is -2.51. The first kappa shape index (κ1) is 20.4. The first-order valence-electron chi connectivity index (χ1n) is 9.45. The Balaban J connectivity index is 1.65. The van der Waals surface area contributed by atoms with Gasteiger partial charge in [0, 0.05) is 38.6 Å². The van der Waals surface area contributed by atoms with Crippen LogP contribution in [0.15, 0.2) is 30.3 Å². The molecule has 0 aromatic heterocycles. The lowest BCUT2D eigenvalue weighted by molar-refractivity contribution is -0.122. The average Bonchev–Trinajstić information content (AvgIpc) is 2.63. The second-order valence-corrected chi connectivity index (χ2v) is 7.03. The molecule has 0 radical (unpaired) electrons. The van der Waals surface area contributed by atoms with E-state index in [-0.39, 0.29) is 11.8 Å². The van der Waals surface area contributed by atoms with Crippen molar-refractivity contribution < 1.29 is 14.3 Å². The van der Waals surface area contributed by atoms with E-state index in [1.54, 1.807) is 0 Å². The van der Waals surface area contributed by atoms with Crippen LogP contribution in [-0.2, 0) is 20.7 Å². The number of carbonyl (C=O) groups is 2. The molecule has 0 bridgehead atoms. The van der Waals surface area contributed by atoms with E-state index in [4.69, 9.17) is 4.74 Å². The summed E-state index contributed by atoms with van der Waals surface area (Å²) in [6.07, 6.45) is 0.642. The van der Waals surface area contributed by atoms with Crippen LogP contribution in [0.3, 0.4) is 0 Å². The molecule has 1 atom stereocenters. The highest BCUT2D eigenvalue weighted by molar-refractivity contribution is 5.80. The monoisotopic (exact) mass is 361 g/mol. The summed E-state index contributed by atoms with van der Waals surface area (Å²) in [5.74, 6) is 0.375. The summed E-state index contributed by atoms with van der Waals surface area (Å²) in [6, 6.07) is 9.90. The molecule has 1 heterocycles. The van der Waals surface area contributed by atoms with Crippen molar-refractivity contribution in [2.75, 3.05) is 39.4 Å². The molecule has 26 heavy (non-hydrogen) atoms. The minimum atomic E-state index is -0.0580. The van der Waals surface area contributed by atoms with Gasteiger partial charge in [0.1, 0.15) is 0 Å². The van der Waals surface area contributed by atoms with Crippen LogP contribution in [0, 0.1) is 5.92 Å². The molecule has 2 N–H and O–H groups in total. The molecular formula is C20H31N3O3. The Labute approximate surface area is 156 Å². The Morgan fingerprint density at radius 2 is 1.77 bits per heavy atom. The van der Waals surface area contributed by atoms with Gasteiger partial charge >= 0.3 is 0 Å². The van der Waals surface area contributed by atoms with Crippen molar-refractivity contribution in [3.63, 3.8) is 0 Å². The third kappa shape index (κ3) is 7.14. The smallest absolute Gasteiger partial charge is 0.224 e. The number of hydrogen-bond donors (Lipinski definition) is 2. The zero-order chi connectivity index (χ0) is 18.8. The van der Waals surface area contributed by atoms with Gasteiger partial charge in [-0.1, -0.05) is 44.2 Å². The zero-order valence-electron chi connectivity index (χ0n) is 15.9. The van der Waals surface area contributed by atoms with Crippen molar-refractivity contribution in [2.24, 2.45) is 5.92 Å². The van der Waals surface area contributed by atoms with Crippen molar-refractivity contribution in [1.29, 1.82) is 0 Å². The van der Waals surface area contributed by atoms with Crippen LogP contribution in [0.25, 0.3) is 0 Å². The van der Waals surface area contributed by atoms with Gasteiger partial charge in [-0.25, -0.2) is 0 Å². The van der Waals surface area contributed by atoms with Gasteiger partial charge in [-0.2, -0.15) is 0 Å². The minimum absolute atomic E-state index is 0.0241. The summed E-state index contributed by atoms with van der Waals surface area (Å²) in [5, 5.41) is 5.82. The molecule has 1 aliphatic rings. The molecule has 144 valence electrons. The predicted molar refractivity (Wildman–Crippen MR) is 102 cm³/mol. The standard InChI is InChI=1S/C20H31N3O3/c1-16(2)18(23-10-12-26-13-11-23)15-22-19(24)8-9-21-20(25)14-17-6-4-3-5-7-17/h3-7,16,18H,8-15H2,1-2H3,(H,21,25)(H,22,24). The number of carbonyl (C=O) groups excluding carboxylic acids is 2. The first-order chi connectivity index (χ1) is 12.6. The van der Waals surface area contributed by atoms with Gasteiger partial charge in [0.05, 0.1) is 19.6 Å². The molecule has 2 amide bonds. The van der Waals surface area contributed by atoms with Crippen molar-refractivity contribution in [3.8, 4) is 0 Å². The van der Waals surface area contributed by atoms with E-state index in [0.29, 0.717) is 37.9 Å². The number of nitrogens with zero attached hydrogens (tertiary/aromatic N) is 1. The fourth-order valence-electron chi connectivity index (χ4n) is 3.16. The van der Waals surface area contributed by atoms with Gasteiger partial charge in [-0.15, -0.1) is 0 Å². The molecule has 1 aromatic carbocycles. The van der Waals surface area contributed by atoms with E-state index >= 15 is 0 Å². The van der Waals surface area contributed by atoms with Gasteiger partial charge in [-0.05, 0) is 11.5 Å². The fraction of sp³-hybridized carbons (Fsp3) is 0.600. The second kappa shape index (κ2) is 10.9. The van der Waals surface area contributed by atoms with E-state index in [1.807, 2.05) is 30.3 Å². The molecule has 1 aliphatic heterocycles. The molecule has 0 saturated carbocycles. The van der Waals surface area contributed by atoms with Gasteiger partial charge in [0.2, 0.25) is 11.8 Å². The van der Waals surface area contributed by atoms with Gasteiger partial charge in [-0.3, -0.25) is 14.5 Å². The maximum absolute atomic E-state index is 12.1. The summed E-state index contributed by atoms with van der Waals surface area (Å²) >= 11 is 0. The molecule has 0 spiro atoms. The average molecular weight is 361 g/mol. The van der Waals surface area contributed by atoms with Gasteiger partial charge < -0.3 is 15.4 Å². The number of ether oxygens (including phenoxy) is 1. The van der Waals surface area contributed by atoms with Crippen LogP contribution in [0.5, 0.6) is 0 Å². The Morgan fingerprint density at radius 1 is 1.08 bits per heavy atom. The summed E-state index contributed by atoms with van der Waals surface area (Å²) in [6.45, 7) is 8.68. The number of amides is 2. The van der Waals surface area contributed by atoms with E-state index < -0.39 is 0 Å². The summed E-state index contributed by atoms with van der Waals surface area (Å²) in [4.78, 5) is 26.4. The van der Waals surface area contributed by atoms with Crippen LogP contribution in [0.2, 0.25) is 0 Å². The highest BCUT2D eigenvalue weighted by atomic mass is 16.5. The van der Waals surface area contributed by atoms with E-state index in [9.17, 15) is 9.59 Å². The highest BCUT2D eigenvalue weighted by Gasteiger charge is 2.24. The molecule has 1 aromatic rings. The maximum atomic E-state index is 12.1. The topological polar surface area (TPSA) is 70.7 Å². The SMILES string of the molecule is CC(C)C(CNC(=O)CCNC(=O)Cc1ccccc1)N1CCOCC1. The van der Waals surface area contributed by atoms with Gasteiger partial charge in [0.15, 0.2) is 0 Å². The largest absolute Gasteiger partial charge is 0.379 e. The Bertz CT molecular complexity index is 557. The molecule has 6 nitrogen and oxygen atoms in total. The van der Waals surface area contributed by atoms with Crippen LogP contribution in [0.4, 0.5) is 0 Å². The molecule has 1 unspecified atom stereocenters. The van der Waals surface area contributed by atoms with Crippen LogP contribution < -0.4 is 10.6 Å². The molecule has 6 heteroatoms. The zero-order valence-corrected chi connectivity index (χ0v) is 15.9. The van der Waals surface area contributed by atoms with Crippen LogP contribution in [0.1, 0.15) is 25.8 Å². The third-order valence-corrected chi connectivity index (χ3v) is 4.67. The van der Waals surface area contributed by atoms with E-state index in [0.717, 1.165) is 31.9 Å². The minimum Gasteiger partial charge on any atom is -0.379 e. The lowest BCUT2D eigenvalue weighted by Gasteiger charge is -2.36. The predicted octanol–water partition coefficient (Wildman–Crippen LogP) is 1.21. The quantitative estimate of drug-likeness (QED) is 0.694. The Morgan fingerprint density at radius 3 is 2.42 bits per heavy atom. The Hall–Kier alpha value is -1.92. The molecule has 1 fully saturated rings. The van der Waals surface area contributed by atoms with Crippen LogP contribution >= 0.6 is 0 Å². The highest BCUT2D eigenvalue weighted by Crippen LogP contribution is 2.12. The normalized spacial score (nSPS) is 16.3. The van der Waals surface area contributed by atoms with Crippen molar-refractivity contribution in [1.82, 2.24) is 15.5 Å². The Kier molecular flexibility index (Phi) is 8.58.